The molecule has 2 aromatic carbocycles. The van der Waals surface area contributed by atoms with Crippen LogP contribution in [-0.2, 0) is 6.54 Å². The van der Waals surface area contributed by atoms with Crippen molar-refractivity contribution in [1.82, 2.24) is 4.90 Å². The van der Waals surface area contributed by atoms with Gasteiger partial charge < -0.3 is 14.4 Å². The van der Waals surface area contributed by atoms with E-state index in [1.54, 1.807) is 18.2 Å². The van der Waals surface area contributed by atoms with Crippen LogP contribution in [0.2, 0.25) is 0 Å². The molecule has 4 rings (SSSR count). The molecule has 0 atom stereocenters. The maximum absolute atomic E-state index is 11.5. The average Bonchev–Trinajstić information content (AvgIpc) is 3.06. The normalized spacial score (nSPS) is 15.3. The zero-order valence-corrected chi connectivity index (χ0v) is 16.7. The highest BCUT2D eigenvalue weighted by Crippen LogP contribution is 2.27. The Labute approximate surface area is 171 Å². The van der Waals surface area contributed by atoms with Gasteiger partial charge >= 0.3 is 5.97 Å². The van der Waals surface area contributed by atoms with E-state index in [0.717, 1.165) is 44.9 Å². The molecule has 1 fully saturated rings. The van der Waals surface area contributed by atoms with Crippen molar-refractivity contribution >= 4 is 11.7 Å². The largest absolute Gasteiger partial charge is 0.478 e. The third-order valence-corrected chi connectivity index (χ3v) is 5.45. The molecular formula is C24H26N2O3. The van der Waals surface area contributed by atoms with Gasteiger partial charge in [0.1, 0.15) is 11.5 Å². The van der Waals surface area contributed by atoms with Crippen molar-refractivity contribution in [1.29, 1.82) is 0 Å². The van der Waals surface area contributed by atoms with Gasteiger partial charge in [-0.1, -0.05) is 35.9 Å². The third kappa shape index (κ3) is 4.51. The number of anilines is 1. The van der Waals surface area contributed by atoms with Gasteiger partial charge in [-0.3, -0.25) is 4.90 Å². The van der Waals surface area contributed by atoms with Crippen molar-refractivity contribution in [2.24, 2.45) is 0 Å². The average molecular weight is 390 g/mol. The van der Waals surface area contributed by atoms with E-state index in [2.05, 4.69) is 41.0 Å². The Morgan fingerprint density at radius 2 is 1.76 bits per heavy atom. The van der Waals surface area contributed by atoms with Gasteiger partial charge in [-0.2, -0.15) is 0 Å². The second-order valence-electron chi connectivity index (χ2n) is 7.57. The van der Waals surface area contributed by atoms with Gasteiger partial charge in [0.15, 0.2) is 0 Å². The van der Waals surface area contributed by atoms with Crippen molar-refractivity contribution in [3.63, 3.8) is 0 Å². The number of carboxylic acid groups (broad SMARTS) is 1. The molecule has 1 aromatic heterocycles. The van der Waals surface area contributed by atoms with E-state index in [9.17, 15) is 9.90 Å². The van der Waals surface area contributed by atoms with E-state index >= 15 is 0 Å². The first-order valence-corrected chi connectivity index (χ1v) is 10.1. The lowest BCUT2D eigenvalue weighted by Gasteiger charge is -2.23. The Morgan fingerprint density at radius 3 is 2.55 bits per heavy atom. The summed E-state index contributed by atoms with van der Waals surface area (Å²) in [4.78, 5) is 16.3. The van der Waals surface area contributed by atoms with Crippen LogP contribution in [0.15, 0.2) is 65.1 Å². The number of benzene rings is 2. The number of nitrogens with zero attached hydrogens (tertiary/aromatic N) is 2. The van der Waals surface area contributed by atoms with Crippen molar-refractivity contribution in [3.05, 3.63) is 77.6 Å². The highest BCUT2D eigenvalue weighted by Gasteiger charge is 2.18. The van der Waals surface area contributed by atoms with E-state index in [4.69, 9.17) is 4.42 Å². The van der Waals surface area contributed by atoms with Crippen molar-refractivity contribution in [2.75, 3.05) is 31.1 Å². The first-order valence-electron chi connectivity index (χ1n) is 10.1. The molecule has 1 N–H and O–H groups in total. The molecule has 5 nitrogen and oxygen atoms in total. The summed E-state index contributed by atoms with van der Waals surface area (Å²) < 4.78 is 6.01. The van der Waals surface area contributed by atoms with Crippen LogP contribution in [-0.4, -0.2) is 42.2 Å². The molecule has 0 amide bonds. The topological polar surface area (TPSA) is 56.9 Å². The number of carboxylic acids is 1. The number of hydrogen-bond donors (Lipinski definition) is 1. The molecule has 2 heterocycles. The van der Waals surface area contributed by atoms with Crippen molar-refractivity contribution in [3.8, 4) is 11.3 Å². The SMILES string of the molecule is Cc1ccc(N2CCCN(Cc3ccc(-c4ccccc4C(=O)O)o3)CC2)cc1. The summed E-state index contributed by atoms with van der Waals surface area (Å²) in [5, 5.41) is 9.41. The van der Waals surface area contributed by atoms with Crippen molar-refractivity contribution in [2.45, 2.75) is 19.9 Å². The van der Waals surface area contributed by atoms with Crippen LogP contribution in [0.3, 0.4) is 0 Å². The Kier molecular flexibility index (Phi) is 5.67. The van der Waals surface area contributed by atoms with E-state index in [1.165, 1.54) is 11.3 Å². The second kappa shape index (κ2) is 8.53. The highest BCUT2D eigenvalue weighted by molar-refractivity contribution is 5.95. The minimum Gasteiger partial charge on any atom is -0.478 e. The maximum Gasteiger partial charge on any atom is 0.336 e. The molecule has 1 saturated heterocycles. The van der Waals surface area contributed by atoms with Gasteiger partial charge in [0.25, 0.3) is 0 Å². The van der Waals surface area contributed by atoms with E-state index < -0.39 is 5.97 Å². The number of hydrogen-bond acceptors (Lipinski definition) is 4. The summed E-state index contributed by atoms with van der Waals surface area (Å²) in [6.45, 7) is 6.87. The molecule has 5 heteroatoms. The second-order valence-corrected chi connectivity index (χ2v) is 7.57. The molecule has 0 saturated carbocycles. The Morgan fingerprint density at radius 1 is 0.966 bits per heavy atom. The number of rotatable bonds is 5. The fraction of sp³-hybridized carbons (Fsp3) is 0.292. The van der Waals surface area contributed by atoms with Gasteiger partial charge in [-0.25, -0.2) is 4.79 Å². The van der Waals surface area contributed by atoms with Gasteiger partial charge in [-0.15, -0.1) is 0 Å². The molecule has 3 aromatic rings. The molecule has 29 heavy (non-hydrogen) atoms. The van der Waals surface area contributed by atoms with E-state index in [1.807, 2.05) is 18.2 Å². The van der Waals surface area contributed by atoms with Crippen LogP contribution in [0.1, 0.15) is 28.1 Å². The molecule has 0 bridgehead atoms. The third-order valence-electron chi connectivity index (χ3n) is 5.45. The maximum atomic E-state index is 11.5. The molecule has 1 aliphatic heterocycles. The Bertz CT molecular complexity index is 978. The molecule has 0 spiro atoms. The van der Waals surface area contributed by atoms with Gasteiger partial charge in [0.05, 0.1) is 12.1 Å². The molecule has 0 radical (unpaired) electrons. The molecule has 1 aliphatic rings. The molecule has 150 valence electrons. The lowest BCUT2D eigenvalue weighted by Crippen LogP contribution is -2.30. The number of aryl methyl sites for hydroxylation is 1. The lowest BCUT2D eigenvalue weighted by molar-refractivity contribution is 0.0697. The highest BCUT2D eigenvalue weighted by atomic mass is 16.4. The minimum absolute atomic E-state index is 0.261. The summed E-state index contributed by atoms with van der Waals surface area (Å²) in [5.74, 6) is 0.528. The summed E-state index contributed by atoms with van der Waals surface area (Å²) >= 11 is 0. The van der Waals surface area contributed by atoms with Gasteiger partial charge in [0, 0.05) is 37.4 Å². The first kappa shape index (κ1) is 19.3. The fourth-order valence-corrected chi connectivity index (χ4v) is 3.86. The fourth-order valence-electron chi connectivity index (χ4n) is 3.86. The quantitative estimate of drug-likeness (QED) is 0.686. The van der Waals surface area contributed by atoms with Crippen molar-refractivity contribution < 1.29 is 14.3 Å². The lowest BCUT2D eigenvalue weighted by atomic mass is 10.1. The zero-order valence-electron chi connectivity index (χ0n) is 16.7. The number of furan rings is 1. The van der Waals surface area contributed by atoms with Crippen LogP contribution < -0.4 is 4.90 Å². The van der Waals surface area contributed by atoms with Crippen LogP contribution >= 0.6 is 0 Å². The summed E-state index contributed by atoms with van der Waals surface area (Å²) in [6.07, 6.45) is 1.10. The predicted octanol–water partition coefficient (Wildman–Crippen LogP) is 4.67. The standard InChI is InChI=1S/C24H26N2O3/c1-18-7-9-19(10-8-18)26-14-4-13-25(15-16-26)17-20-11-12-23(29-20)21-5-2-3-6-22(21)24(27)28/h2-3,5-12H,4,13-17H2,1H3,(H,27,28). The number of carbonyl (C=O) groups is 1. The van der Waals surface area contributed by atoms with Gasteiger partial charge in [-0.05, 0) is 43.7 Å². The Hall–Kier alpha value is -3.05. The zero-order chi connectivity index (χ0) is 20.2. The smallest absolute Gasteiger partial charge is 0.336 e. The van der Waals surface area contributed by atoms with Crippen LogP contribution in [0, 0.1) is 6.92 Å². The molecule has 0 aliphatic carbocycles. The monoisotopic (exact) mass is 390 g/mol. The van der Waals surface area contributed by atoms with Crippen LogP contribution in [0.5, 0.6) is 0 Å². The summed E-state index contributed by atoms with van der Waals surface area (Å²) in [5.41, 5.74) is 3.44. The van der Waals surface area contributed by atoms with Gasteiger partial charge in [0.2, 0.25) is 0 Å². The number of aromatic carboxylic acids is 1. The minimum atomic E-state index is -0.942. The predicted molar refractivity (Wildman–Crippen MR) is 114 cm³/mol. The molecule has 0 unspecified atom stereocenters. The van der Waals surface area contributed by atoms with Crippen LogP contribution in [0.25, 0.3) is 11.3 Å². The Balaban J connectivity index is 1.42. The first-order chi connectivity index (χ1) is 14.1. The molecular weight excluding hydrogens is 364 g/mol. The summed E-state index contributed by atoms with van der Waals surface area (Å²) in [7, 11) is 0. The van der Waals surface area contributed by atoms with E-state index in [-0.39, 0.29) is 5.56 Å². The van der Waals surface area contributed by atoms with E-state index in [0.29, 0.717) is 11.3 Å². The van der Waals surface area contributed by atoms with Crippen LogP contribution in [0.4, 0.5) is 5.69 Å². The summed E-state index contributed by atoms with van der Waals surface area (Å²) in [6, 6.07) is 19.5.